The summed E-state index contributed by atoms with van der Waals surface area (Å²) in [4.78, 5) is 25.2. The number of hydrogen-bond acceptors (Lipinski definition) is 2. The number of carbonyl (C=O) groups is 2. The summed E-state index contributed by atoms with van der Waals surface area (Å²) in [6.07, 6.45) is -15.5. The molecular weight excluding hydrogens is 649 g/mol. The van der Waals surface area contributed by atoms with Crippen LogP contribution >= 0.6 is 15.9 Å². The van der Waals surface area contributed by atoms with Gasteiger partial charge in [-0.15, -0.1) is 0 Å². The normalized spacial score (nSPS) is 20.4. The Kier molecular flexibility index (Phi) is 8.61. The predicted octanol–water partition coefficient (Wildman–Crippen LogP) is 7.90. The van der Waals surface area contributed by atoms with Gasteiger partial charge >= 0.3 is 24.2 Å². The lowest BCUT2D eigenvalue weighted by molar-refractivity contribution is -0.327. The molecule has 2 amide bonds. The van der Waals surface area contributed by atoms with Crippen molar-refractivity contribution >= 4 is 33.4 Å². The highest BCUT2D eigenvalue weighted by Crippen LogP contribution is 2.56. The summed E-state index contributed by atoms with van der Waals surface area (Å²) in [5, 5.41) is 3.89. The van der Waals surface area contributed by atoms with Crippen molar-refractivity contribution < 1.29 is 57.9 Å². The van der Waals surface area contributed by atoms with Crippen molar-refractivity contribution in [1.29, 1.82) is 0 Å². The van der Waals surface area contributed by atoms with Gasteiger partial charge in [0.05, 0.1) is 21.1 Å². The van der Waals surface area contributed by atoms with Crippen LogP contribution in [0.1, 0.15) is 36.5 Å². The minimum Gasteiger partial charge on any atom is -0.324 e. The van der Waals surface area contributed by atoms with Crippen LogP contribution in [0.3, 0.4) is 0 Å². The van der Waals surface area contributed by atoms with Gasteiger partial charge in [0.25, 0.3) is 11.8 Å². The van der Waals surface area contributed by atoms with Gasteiger partial charge in [-0.1, -0.05) is 40.2 Å². The fourth-order valence-corrected chi connectivity index (χ4v) is 4.77. The molecule has 1 unspecified atom stereocenters. The topological polar surface area (TPSA) is 58.2 Å². The summed E-state index contributed by atoms with van der Waals surface area (Å²) in [6, 6.07) is 2.91. The molecule has 224 valence electrons. The van der Waals surface area contributed by atoms with E-state index in [2.05, 4.69) is 21.2 Å². The molecule has 1 aromatic carbocycles. The van der Waals surface area contributed by atoms with Gasteiger partial charge in [0.2, 0.25) is 0 Å². The molecule has 41 heavy (non-hydrogen) atoms. The molecule has 4 nitrogen and oxygen atoms in total. The Balaban J connectivity index is 2.07. The number of nitrogens with one attached hydrogen (secondary N) is 2. The maximum Gasteiger partial charge on any atom is 0.435 e. The zero-order valence-corrected chi connectivity index (χ0v) is 22.1. The molecule has 0 fully saturated rings. The molecule has 0 saturated heterocycles. The van der Waals surface area contributed by atoms with Crippen LogP contribution in [0.15, 0.2) is 64.9 Å². The molecular formula is C25H18BrF11N2O2. The summed E-state index contributed by atoms with van der Waals surface area (Å²) in [5.41, 5.74) is -13.3. The van der Waals surface area contributed by atoms with Crippen molar-refractivity contribution in [2.45, 2.75) is 54.7 Å². The van der Waals surface area contributed by atoms with Crippen LogP contribution in [-0.4, -0.2) is 40.3 Å². The largest absolute Gasteiger partial charge is 0.435 e. The molecule has 1 atom stereocenters. The second-order valence-electron chi connectivity index (χ2n) is 9.20. The zero-order chi connectivity index (χ0) is 31.2. The Bertz CT molecular complexity index is 1350. The van der Waals surface area contributed by atoms with Crippen LogP contribution in [0.5, 0.6) is 0 Å². The van der Waals surface area contributed by atoms with Gasteiger partial charge in [-0.3, -0.25) is 9.59 Å². The highest BCUT2D eigenvalue weighted by atomic mass is 79.9. The number of allylic oxidation sites excluding steroid dienone is 6. The first-order chi connectivity index (χ1) is 18.6. The molecule has 1 aromatic rings. The third-order valence-electron chi connectivity index (χ3n) is 6.15. The molecule has 0 aromatic heterocycles. The first kappa shape index (κ1) is 32.3. The van der Waals surface area contributed by atoms with E-state index >= 15 is 4.39 Å². The molecule has 0 saturated carbocycles. The van der Waals surface area contributed by atoms with E-state index in [9.17, 15) is 53.5 Å². The number of rotatable bonds is 5. The zero-order valence-electron chi connectivity index (χ0n) is 20.5. The van der Waals surface area contributed by atoms with Crippen molar-refractivity contribution in [1.82, 2.24) is 5.32 Å². The van der Waals surface area contributed by atoms with Crippen LogP contribution in [0.25, 0.3) is 0 Å². The van der Waals surface area contributed by atoms with E-state index in [1.54, 1.807) is 17.5 Å². The van der Waals surface area contributed by atoms with Gasteiger partial charge in [0.1, 0.15) is 0 Å². The molecule has 2 N–H and O–H groups in total. The lowest BCUT2D eigenvalue weighted by Crippen LogP contribution is -2.56. The molecule has 3 rings (SSSR count). The molecule has 2 aliphatic rings. The van der Waals surface area contributed by atoms with Crippen LogP contribution in [0.4, 0.5) is 54.0 Å². The van der Waals surface area contributed by atoms with Crippen molar-refractivity contribution in [2.24, 2.45) is 0 Å². The van der Waals surface area contributed by atoms with E-state index in [-0.39, 0.29) is 5.57 Å². The molecule has 16 heteroatoms. The van der Waals surface area contributed by atoms with E-state index in [1.165, 1.54) is 6.08 Å². The van der Waals surface area contributed by atoms with Crippen molar-refractivity contribution in [3.63, 3.8) is 0 Å². The maximum absolute atomic E-state index is 15.1. The quantitative estimate of drug-likeness (QED) is 0.248. The molecule has 0 radical (unpaired) electrons. The highest BCUT2D eigenvalue weighted by molar-refractivity contribution is 9.10. The predicted molar refractivity (Wildman–Crippen MR) is 128 cm³/mol. The number of carbonyl (C=O) groups excluding carboxylic acids is 2. The average molecular weight is 667 g/mol. The number of benzene rings is 1. The fourth-order valence-electron chi connectivity index (χ4n) is 4.15. The van der Waals surface area contributed by atoms with Crippen LogP contribution in [-0.2, 0) is 4.79 Å². The van der Waals surface area contributed by atoms with E-state index in [4.69, 9.17) is 0 Å². The first-order valence-electron chi connectivity index (χ1n) is 11.4. The Hall–Kier alpha value is -3.17. The van der Waals surface area contributed by atoms with Crippen molar-refractivity contribution in [3.05, 3.63) is 76.3 Å². The molecule has 0 bridgehead atoms. The number of amides is 2. The number of hydrogen-bond donors (Lipinski definition) is 2. The minimum atomic E-state index is -6.69. The van der Waals surface area contributed by atoms with Gasteiger partial charge in [-0.2, -0.15) is 39.5 Å². The minimum absolute atomic E-state index is 0.173. The van der Waals surface area contributed by atoms with E-state index in [0.29, 0.717) is 19.8 Å². The molecule has 0 spiro atoms. The van der Waals surface area contributed by atoms with Gasteiger partial charge in [-0.05, 0) is 50.0 Å². The Labute approximate surface area is 233 Å². The van der Waals surface area contributed by atoms with E-state index in [0.717, 1.165) is 18.2 Å². The first-order valence-corrected chi connectivity index (χ1v) is 12.2. The molecule has 2 aliphatic carbocycles. The number of anilines is 1. The third kappa shape index (κ3) is 6.36. The van der Waals surface area contributed by atoms with Crippen molar-refractivity contribution in [3.8, 4) is 0 Å². The number of alkyl halides is 11. The van der Waals surface area contributed by atoms with Gasteiger partial charge in [-0.25, -0.2) is 8.78 Å². The Morgan fingerprint density at radius 3 is 2.02 bits per heavy atom. The van der Waals surface area contributed by atoms with Crippen LogP contribution in [0, 0.1) is 5.82 Å². The monoisotopic (exact) mass is 666 g/mol. The molecule has 0 heterocycles. The SMILES string of the molecule is CC1(Br)CC(C(F)(C(F)(F)F)C(F)(F)F)=CC(C(F)(F)F)=C1NC(=O)c1cccc(NC(=O)C2=CCCC=C2)c1F. The van der Waals surface area contributed by atoms with Gasteiger partial charge in [0.15, 0.2) is 5.82 Å². The van der Waals surface area contributed by atoms with E-state index < -0.39 is 86.7 Å². The van der Waals surface area contributed by atoms with Gasteiger partial charge in [0, 0.05) is 11.3 Å². The summed E-state index contributed by atoms with van der Waals surface area (Å²) < 4.78 is 149. The average Bonchev–Trinajstić information content (AvgIpc) is 2.83. The standard InChI is InChI=1S/C25H18BrF11N2O2/c1-21(26)11-13(22(28,24(32,33)34)25(35,36)37)10-15(23(29,30)31)18(21)39-20(41)14-8-5-9-16(17(14)27)38-19(40)12-6-3-2-4-7-12/h3,5-10H,2,4,11H2,1H3,(H,38,40)(H,39,41). The summed E-state index contributed by atoms with van der Waals surface area (Å²) >= 11 is 2.59. The number of halogens is 12. The summed E-state index contributed by atoms with van der Waals surface area (Å²) in [5.74, 6) is -3.75. The second-order valence-corrected chi connectivity index (χ2v) is 10.9. The van der Waals surface area contributed by atoms with Crippen LogP contribution in [0.2, 0.25) is 0 Å². The summed E-state index contributed by atoms with van der Waals surface area (Å²) in [7, 11) is 0. The smallest absolute Gasteiger partial charge is 0.324 e. The second kappa shape index (κ2) is 10.9. The fraction of sp³-hybridized carbons (Fsp3) is 0.360. The Morgan fingerprint density at radius 2 is 1.51 bits per heavy atom. The van der Waals surface area contributed by atoms with Gasteiger partial charge < -0.3 is 10.6 Å². The van der Waals surface area contributed by atoms with Crippen molar-refractivity contribution in [2.75, 3.05) is 5.32 Å². The molecule has 0 aliphatic heterocycles. The lowest BCUT2D eigenvalue weighted by Gasteiger charge is -2.39. The highest BCUT2D eigenvalue weighted by Gasteiger charge is 2.75. The third-order valence-corrected chi connectivity index (χ3v) is 6.82. The lowest BCUT2D eigenvalue weighted by atomic mass is 9.79. The maximum atomic E-state index is 15.1. The Morgan fingerprint density at radius 1 is 0.902 bits per heavy atom. The summed E-state index contributed by atoms with van der Waals surface area (Å²) in [6.45, 7) is 0.674. The van der Waals surface area contributed by atoms with E-state index in [1.807, 2.05) is 0 Å². The van der Waals surface area contributed by atoms with Crippen LogP contribution < -0.4 is 10.6 Å².